The highest BCUT2D eigenvalue weighted by atomic mass is 16.7. The van der Waals surface area contributed by atoms with Crippen molar-refractivity contribution < 1.29 is 54.4 Å². The summed E-state index contributed by atoms with van der Waals surface area (Å²) < 4.78 is 22.6. The lowest BCUT2D eigenvalue weighted by molar-refractivity contribution is -0.345. The number of carbonyl (C=O) groups excluding carboxylic acids is 1. The Balaban J connectivity index is 1.82. The van der Waals surface area contributed by atoms with Crippen LogP contribution in [0.1, 0.15) is 12.5 Å². The fraction of sp³-hybridized carbons (Fsp3) is 0.667. The Labute approximate surface area is 190 Å². The zero-order valence-electron chi connectivity index (χ0n) is 18.0. The SMILES string of the molecule is CC(=O)NC1[C@H](OCc2ccccc2)OC(CO)[C@@H](O)[C@@H]1O[C@@H]1OC(CO)[C@H](O)[C@H](O)C1O. The molecule has 186 valence electrons. The number of aliphatic hydroxyl groups excluding tert-OH is 6. The van der Waals surface area contributed by atoms with Crippen LogP contribution in [-0.4, -0.2) is 111 Å². The quantitative estimate of drug-likeness (QED) is 0.203. The topological polar surface area (TPSA) is 187 Å². The van der Waals surface area contributed by atoms with Gasteiger partial charge in [0.25, 0.3) is 0 Å². The highest BCUT2D eigenvalue weighted by molar-refractivity contribution is 5.73. The lowest BCUT2D eigenvalue weighted by Gasteiger charge is -2.47. The number of hydrogen-bond donors (Lipinski definition) is 7. The van der Waals surface area contributed by atoms with E-state index in [1.807, 2.05) is 30.3 Å². The van der Waals surface area contributed by atoms with Crippen LogP contribution in [0.15, 0.2) is 30.3 Å². The van der Waals surface area contributed by atoms with E-state index in [4.69, 9.17) is 18.9 Å². The Morgan fingerprint density at radius 3 is 2.12 bits per heavy atom. The van der Waals surface area contributed by atoms with Gasteiger partial charge in [0.15, 0.2) is 12.6 Å². The molecular formula is C21H31NO11. The fourth-order valence-corrected chi connectivity index (χ4v) is 3.85. The lowest BCUT2D eigenvalue weighted by atomic mass is 9.95. The van der Waals surface area contributed by atoms with E-state index in [0.29, 0.717) is 0 Å². The van der Waals surface area contributed by atoms with Gasteiger partial charge in [0, 0.05) is 6.92 Å². The van der Waals surface area contributed by atoms with Gasteiger partial charge in [0.1, 0.15) is 48.8 Å². The molecule has 12 heteroatoms. The second-order valence-corrected chi connectivity index (χ2v) is 8.04. The van der Waals surface area contributed by atoms with E-state index in [-0.39, 0.29) is 6.61 Å². The van der Waals surface area contributed by atoms with Crippen molar-refractivity contribution >= 4 is 5.91 Å². The van der Waals surface area contributed by atoms with Crippen molar-refractivity contribution in [3.63, 3.8) is 0 Å². The van der Waals surface area contributed by atoms with Gasteiger partial charge in [-0.3, -0.25) is 4.79 Å². The van der Waals surface area contributed by atoms with E-state index in [0.717, 1.165) is 5.56 Å². The summed E-state index contributed by atoms with van der Waals surface area (Å²) in [5.74, 6) is -0.492. The number of rotatable bonds is 8. The van der Waals surface area contributed by atoms with Crippen LogP contribution in [0.5, 0.6) is 0 Å². The minimum atomic E-state index is -1.73. The van der Waals surface area contributed by atoms with Gasteiger partial charge in [-0.2, -0.15) is 0 Å². The van der Waals surface area contributed by atoms with Crippen LogP contribution in [0, 0.1) is 0 Å². The molecule has 0 saturated carbocycles. The zero-order valence-corrected chi connectivity index (χ0v) is 18.0. The van der Waals surface area contributed by atoms with Crippen LogP contribution in [0.3, 0.4) is 0 Å². The first-order chi connectivity index (χ1) is 15.8. The first-order valence-electron chi connectivity index (χ1n) is 10.6. The number of benzene rings is 1. The molecule has 0 aromatic heterocycles. The number of aliphatic hydroxyl groups is 6. The Kier molecular flexibility index (Phi) is 9.12. The van der Waals surface area contributed by atoms with E-state index in [2.05, 4.69) is 5.32 Å². The number of carbonyl (C=O) groups is 1. The van der Waals surface area contributed by atoms with Crippen LogP contribution in [-0.2, 0) is 30.3 Å². The molecule has 2 aliphatic heterocycles. The van der Waals surface area contributed by atoms with E-state index >= 15 is 0 Å². The third-order valence-corrected chi connectivity index (χ3v) is 5.62. The van der Waals surface area contributed by atoms with Gasteiger partial charge in [-0.15, -0.1) is 0 Å². The van der Waals surface area contributed by atoms with E-state index in [1.165, 1.54) is 6.92 Å². The van der Waals surface area contributed by atoms with Crippen molar-refractivity contribution in [1.29, 1.82) is 0 Å². The molecule has 0 spiro atoms. The van der Waals surface area contributed by atoms with Gasteiger partial charge in [0.05, 0.1) is 19.8 Å². The van der Waals surface area contributed by atoms with E-state index < -0.39 is 80.5 Å². The predicted octanol–water partition coefficient (Wildman–Crippen LogP) is -3.03. The monoisotopic (exact) mass is 473 g/mol. The van der Waals surface area contributed by atoms with Gasteiger partial charge >= 0.3 is 0 Å². The second kappa shape index (κ2) is 11.6. The summed E-state index contributed by atoms with van der Waals surface area (Å²) in [6.45, 7) is 0.0539. The molecular weight excluding hydrogens is 442 g/mol. The van der Waals surface area contributed by atoms with Gasteiger partial charge in [-0.05, 0) is 5.56 Å². The van der Waals surface area contributed by atoms with Gasteiger partial charge in [-0.25, -0.2) is 0 Å². The van der Waals surface area contributed by atoms with Gasteiger partial charge < -0.3 is 54.9 Å². The van der Waals surface area contributed by atoms with Crippen molar-refractivity contribution in [2.24, 2.45) is 0 Å². The molecule has 2 aliphatic rings. The third kappa shape index (κ3) is 6.05. The summed E-state index contributed by atoms with van der Waals surface area (Å²) in [4.78, 5) is 11.9. The van der Waals surface area contributed by atoms with Crippen LogP contribution < -0.4 is 5.32 Å². The molecule has 0 bridgehead atoms. The molecule has 2 heterocycles. The highest BCUT2D eigenvalue weighted by Crippen LogP contribution is 2.30. The third-order valence-electron chi connectivity index (χ3n) is 5.62. The molecule has 2 fully saturated rings. The van der Waals surface area contributed by atoms with Crippen LogP contribution in [0.2, 0.25) is 0 Å². The Bertz CT molecular complexity index is 751. The molecule has 4 unspecified atom stereocenters. The summed E-state index contributed by atoms with van der Waals surface area (Å²) in [7, 11) is 0. The maximum atomic E-state index is 11.9. The number of nitrogens with one attached hydrogen (secondary N) is 1. The normalized spacial score (nSPS) is 39.2. The van der Waals surface area contributed by atoms with E-state index in [9.17, 15) is 35.4 Å². The molecule has 0 aliphatic carbocycles. The molecule has 3 rings (SSSR count). The molecule has 1 aromatic carbocycles. The lowest BCUT2D eigenvalue weighted by Crippen LogP contribution is -2.68. The van der Waals surface area contributed by atoms with Crippen molar-refractivity contribution in [2.45, 2.75) is 74.9 Å². The minimum absolute atomic E-state index is 0.0859. The van der Waals surface area contributed by atoms with Crippen LogP contribution >= 0.6 is 0 Å². The summed E-state index contributed by atoms with van der Waals surface area (Å²) in [5.41, 5.74) is 0.806. The largest absolute Gasteiger partial charge is 0.394 e. The smallest absolute Gasteiger partial charge is 0.217 e. The highest BCUT2D eigenvalue weighted by Gasteiger charge is 2.51. The Morgan fingerprint density at radius 1 is 0.909 bits per heavy atom. The molecule has 33 heavy (non-hydrogen) atoms. The Morgan fingerprint density at radius 2 is 1.52 bits per heavy atom. The summed E-state index contributed by atoms with van der Waals surface area (Å²) >= 11 is 0. The Hall–Kier alpha value is -1.71. The minimum Gasteiger partial charge on any atom is -0.394 e. The molecule has 12 nitrogen and oxygen atoms in total. The molecule has 10 atom stereocenters. The number of ether oxygens (including phenoxy) is 4. The summed E-state index contributed by atoms with van der Waals surface area (Å²) in [6, 6.07) is 8.00. The van der Waals surface area contributed by atoms with Crippen molar-refractivity contribution in [1.82, 2.24) is 5.32 Å². The molecule has 1 aromatic rings. The maximum absolute atomic E-state index is 11.9. The second-order valence-electron chi connectivity index (χ2n) is 8.04. The first-order valence-corrected chi connectivity index (χ1v) is 10.6. The average Bonchev–Trinajstić information content (AvgIpc) is 2.81. The zero-order chi connectivity index (χ0) is 24.1. The molecule has 1 amide bonds. The van der Waals surface area contributed by atoms with Crippen molar-refractivity contribution in [3.8, 4) is 0 Å². The predicted molar refractivity (Wildman–Crippen MR) is 109 cm³/mol. The van der Waals surface area contributed by atoms with Gasteiger partial charge in [0.2, 0.25) is 5.91 Å². The summed E-state index contributed by atoms with van der Waals surface area (Å²) in [5, 5.41) is 62.8. The fourth-order valence-electron chi connectivity index (χ4n) is 3.85. The van der Waals surface area contributed by atoms with Gasteiger partial charge in [-0.1, -0.05) is 30.3 Å². The molecule has 0 radical (unpaired) electrons. The summed E-state index contributed by atoms with van der Waals surface area (Å²) in [6.07, 6.45) is -13.0. The first kappa shape index (κ1) is 25.9. The van der Waals surface area contributed by atoms with Crippen molar-refractivity contribution in [3.05, 3.63) is 35.9 Å². The van der Waals surface area contributed by atoms with Crippen molar-refractivity contribution in [2.75, 3.05) is 13.2 Å². The molecule has 2 saturated heterocycles. The number of amides is 1. The average molecular weight is 473 g/mol. The standard InChI is InChI=1S/C21H31NO11/c1-10(25)22-14-19(33-21-18(29)17(28)15(26)12(7-23)32-21)16(27)13(8-24)31-20(14)30-9-11-5-3-2-4-6-11/h2-6,12-21,23-24,26-29H,7-9H2,1H3,(H,22,25)/t12?,13?,14?,15-,16+,17-,18?,19+,20+,21-/m0/s1. The maximum Gasteiger partial charge on any atom is 0.217 e. The van der Waals surface area contributed by atoms with E-state index in [1.54, 1.807) is 0 Å². The van der Waals surface area contributed by atoms with Crippen LogP contribution in [0.25, 0.3) is 0 Å². The number of hydrogen-bond acceptors (Lipinski definition) is 11. The molecule has 7 N–H and O–H groups in total. The van der Waals surface area contributed by atoms with Crippen LogP contribution in [0.4, 0.5) is 0 Å².